The number of nitrogens with one attached hydrogen (secondary N) is 1. The molecule has 1 fully saturated rings. The minimum Gasteiger partial charge on any atom is -0.409 e. The summed E-state index contributed by atoms with van der Waals surface area (Å²) in [5.74, 6) is 0.680. The summed E-state index contributed by atoms with van der Waals surface area (Å²) >= 11 is 0. The first-order valence-electron chi connectivity index (χ1n) is 6.14. The Bertz CT molecular complexity index is 588. The molecule has 0 saturated carbocycles. The van der Waals surface area contributed by atoms with Crippen molar-refractivity contribution in [2.45, 2.75) is 11.9 Å². The van der Waals surface area contributed by atoms with Crippen LogP contribution in [-0.4, -0.2) is 71.4 Å². The second-order valence-electron chi connectivity index (χ2n) is 4.60. The molecular weight excluding hydrogens is 284 g/mol. The van der Waals surface area contributed by atoms with Gasteiger partial charge >= 0.3 is 0 Å². The zero-order valence-corrected chi connectivity index (χ0v) is 12.0. The van der Waals surface area contributed by atoms with Crippen LogP contribution in [0.3, 0.4) is 0 Å². The van der Waals surface area contributed by atoms with Gasteiger partial charge < -0.3 is 15.9 Å². The van der Waals surface area contributed by atoms with E-state index in [0.717, 1.165) is 0 Å². The molecule has 0 radical (unpaired) electrons. The largest absolute Gasteiger partial charge is 0.409 e. The molecule has 9 nitrogen and oxygen atoms in total. The van der Waals surface area contributed by atoms with Crippen molar-refractivity contribution >= 4 is 15.9 Å². The molecule has 0 aromatic carbocycles. The molecule has 1 aromatic rings. The Morgan fingerprint density at radius 1 is 1.50 bits per heavy atom. The van der Waals surface area contributed by atoms with Crippen LogP contribution in [0.5, 0.6) is 0 Å². The van der Waals surface area contributed by atoms with Crippen molar-refractivity contribution in [2.24, 2.45) is 10.9 Å². The summed E-state index contributed by atoms with van der Waals surface area (Å²) in [4.78, 5) is 8.58. The minimum absolute atomic E-state index is 0.111. The van der Waals surface area contributed by atoms with E-state index >= 15 is 0 Å². The Kier molecular flexibility index (Phi) is 4.26. The molecule has 10 heteroatoms. The number of imidazole rings is 1. The van der Waals surface area contributed by atoms with Crippen LogP contribution in [0.2, 0.25) is 0 Å². The number of hydrogen-bond acceptors (Lipinski definition) is 6. The Morgan fingerprint density at radius 2 is 2.15 bits per heavy atom. The van der Waals surface area contributed by atoms with Gasteiger partial charge in [0.25, 0.3) is 10.0 Å². The second-order valence-corrected chi connectivity index (χ2v) is 6.51. The van der Waals surface area contributed by atoms with E-state index in [2.05, 4.69) is 15.1 Å². The molecule has 4 N–H and O–H groups in total. The Balaban J connectivity index is 2.00. The smallest absolute Gasteiger partial charge is 0.260 e. The summed E-state index contributed by atoms with van der Waals surface area (Å²) in [5.41, 5.74) is 5.43. The van der Waals surface area contributed by atoms with Gasteiger partial charge in [0.15, 0.2) is 10.9 Å². The summed E-state index contributed by atoms with van der Waals surface area (Å²) in [5, 5.41) is 11.5. The molecule has 20 heavy (non-hydrogen) atoms. The second kappa shape index (κ2) is 5.77. The van der Waals surface area contributed by atoms with Crippen molar-refractivity contribution in [3.05, 3.63) is 12.0 Å². The number of nitrogens with two attached hydrogens (primary N) is 1. The van der Waals surface area contributed by atoms with Crippen LogP contribution in [0.15, 0.2) is 16.4 Å². The molecule has 0 unspecified atom stereocenters. The van der Waals surface area contributed by atoms with Crippen molar-refractivity contribution in [1.29, 1.82) is 0 Å². The maximum absolute atomic E-state index is 12.3. The van der Waals surface area contributed by atoms with E-state index in [4.69, 9.17) is 10.9 Å². The van der Waals surface area contributed by atoms with Crippen LogP contribution in [0.4, 0.5) is 0 Å². The highest BCUT2D eigenvalue weighted by molar-refractivity contribution is 7.89. The molecule has 1 aromatic heterocycles. The summed E-state index contributed by atoms with van der Waals surface area (Å²) < 4.78 is 26.1. The molecule has 0 spiro atoms. The number of aromatic amines is 1. The first-order valence-corrected chi connectivity index (χ1v) is 7.58. The predicted molar refractivity (Wildman–Crippen MR) is 71.9 cm³/mol. The number of rotatable bonds is 4. The van der Waals surface area contributed by atoms with E-state index in [1.807, 2.05) is 4.90 Å². The number of piperazine rings is 1. The first kappa shape index (κ1) is 14.8. The highest BCUT2D eigenvalue weighted by Gasteiger charge is 2.29. The molecule has 0 aliphatic carbocycles. The zero-order valence-electron chi connectivity index (χ0n) is 11.2. The molecule has 0 amide bonds. The fraction of sp³-hybridized carbons (Fsp3) is 0.600. The van der Waals surface area contributed by atoms with Crippen LogP contribution >= 0.6 is 0 Å². The topological polar surface area (TPSA) is 128 Å². The monoisotopic (exact) mass is 302 g/mol. The van der Waals surface area contributed by atoms with E-state index in [9.17, 15) is 8.42 Å². The van der Waals surface area contributed by atoms with Crippen molar-refractivity contribution in [3.8, 4) is 0 Å². The van der Waals surface area contributed by atoms with E-state index in [1.165, 1.54) is 10.5 Å². The van der Waals surface area contributed by atoms with Crippen LogP contribution in [0.25, 0.3) is 0 Å². The number of aryl methyl sites for hydroxylation is 1. The lowest BCUT2D eigenvalue weighted by atomic mass is 10.3. The van der Waals surface area contributed by atoms with Crippen LogP contribution in [0, 0.1) is 6.92 Å². The van der Waals surface area contributed by atoms with Crippen LogP contribution in [-0.2, 0) is 10.0 Å². The van der Waals surface area contributed by atoms with E-state index in [-0.39, 0.29) is 10.9 Å². The number of aromatic nitrogens is 2. The van der Waals surface area contributed by atoms with Crippen LogP contribution < -0.4 is 5.73 Å². The Hall–Kier alpha value is -1.65. The van der Waals surface area contributed by atoms with Crippen molar-refractivity contribution in [3.63, 3.8) is 0 Å². The Labute approximate surface area is 117 Å². The predicted octanol–water partition coefficient (Wildman–Crippen LogP) is -1.23. The van der Waals surface area contributed by atoms with Gasteiger partial charge in [-0.3, -0.25) is 4.90 Å². The average Bonchev–Trinajstić information content (AvgIpc) is 2.86. The lowest BCUT2D eigenvalue weighted by Crippen LogP contribution is -2.50. The highest BCUT2D eigenvalue weighted by Crippen LogP contribution is 2.15. The number of hydrogen-bond donors (Lipinski definition) is 3. The normalized spacial score (nSPS) is 19.4. The van der Waals surface area contributed by atoms with Gasteiger partial charge in [0.2, 0.25) is 0 Å². The minimum atomic E-state index is -3.52. The SMILES string of the molecule is Cc1ncc(S(=O)(=O)N2CCN(CC(N)=NO)CC2)[nH]1. The summed E-state index contributed by atoms with van der Waals surface area (Å²) in [6.45, 7) is 3.81. The number of nitrogens with zero attached hydrogens (tertiary/aromatic N) is 4. The quantitative estimate of drug-likeness (QED) is 0.276. The average molecular weight is 302 g/mol. The molecule has 0 atom stereocenters. The third-order valence-electron chi connectivity index (χ3n) is 3.14. The van der Waals surface area contributed by atoms with E-state index < -0.39 is 10.0 Å². The van der Waals surface area contributed by atoms with Gasteiger partial charge in [-0.05, 0) is 6.92 Å². The lowest BCUT2D eigenvalue weighted by molar-refractivity contribution is 0.206. The zero-order chi connectivity index (χ0) is 14.8. The number of H-pyrrole nitrogens is 1. The maximum atomic E-state index is 12.3. The van der Waals surface area contributed by atoms with Gasteiger partial charge in [-0.1, -0.05) is 5.16 Å². The molecule has 1 aliphatic heterocycles. The number of amidine groups is 1. The van der Waals surface area contributed by atoms with Crippen molar-refractivity contribution in [2.75, 3.05) is 32.7 Å². The Morgan fingerprint density at radius 3 is 2.65 bits per heavy atom. The van der Waals surface area contributed by atoms with Crippen molar-refractivity contribution < 1.29 is 13.6 Å². The number of sulfonamides is 1. The number of oxime groups is 1. The summed E-state index contributed by atoms with van der Waals surface area (Å²) in [7, 11) is -3.52. The van der Waals surface area contributed by atoms with Gasteiger partial charge in [0, 0.05) is 26.2 Å². The lowest BCUT2D eigenvalue weighted by Gasteiger charge is -2.33. The van der Waals surface area contributed by atoms with E-state index in [0.29, 0.717) is 38.5 Å². The molecule has 2 rings (SSSR count). The molecule has 1 saturated heterocycles. The molecule has 2 heterocycles. The third-order valence-corrected chi connectivity index (χ3v) is 4.95. The molecule has 0 bridgehead atoms. The standard InChI is InChI=1S/C10H18N6O3S/c1-8-12-6-10(13-8)20(18,19)16-4-2-15(3-5-16)7-9(11)14-17/h6,17H,2-5,7H2,1H3,(H2,11,14)(H,12,13). The van der Waals surface area contributed by atoms with Gasteiger partial charge in [-0.2, -0.15) is 4.31 Å². The van der Waals surface area contributed by atoms with Gasteiger partial charge in [0.1, 0.15) is 5.82 Å². The van der Waals surface area contributed by atoms with Gasteiger partial charge in [-0.25, -0.2) is 13.4 Å². The summed E-state index contributed by atoms with van der Waals surface area (Å²) in [6, 6.07) is 0. The molecule has 112 valence electrons. The fourth-order valence-corrected chi connectivity index (χ4v) is 3.44. The maximum Gasteiger partial charge on any atom is 0.260 e. The summed E-state index contributed by atoms with van der Waals surface area (Å²) in [6.07, 6.45) is 1.33. The van der Waals surface area contributed by atoms with Crippen molar-refractivity contribution in [1.82, 2.24) is 19.2 Å². The van der Waals surface area contributed by atoms with Gasteiger partial charge in [0.05, 0.1) is 12.7 Å². The third kappa shape index (κ3) is 3.08. The molecule has 1 aliphatic rings. The highest BCUT2D eigenvalue weighted by atomic mass is 32.2. The van der Waals surface area contributed by atoms with Crippen LogP contribution in [0.1, 0.15) is 5.82 Å². The fourth-order valence-electron chi connectivity index (χ4n) is 2.06. The van der Waals surface area contributed by atoms with E-state index in [1.54, 1.807) is 6.92 Å². The first-order chi connectivity index (χ1) is 9.43. The molecular formula is C10H18N6O3S. The van der Waals surface area contributed by atoms with Gasteiger partial charge in [-0.15, -0.1) is 0 Å².